The lowest BCUT2D eigenvalue weighted by Gasteiger charge is -2.25. The van der Waals surface area contributed by atoms with Crippen molar-refractivity contribution >= 4 is 28.5 Å². The van der Waals surface area contributed by atoms with Gasteiger partial charge in [0.25, 0.3) is 0 Å². The monoisotopic (exact) mass is 191 g/mol. The highest BCUT2D eigenvalue weighted by atomic mass is 32.2. The molecule has 0 saturated carbocycles. The maximum Gasteiger partial charge on any atom is 0.148 e. The molecule has 1 rings (SSSR count). The lowest BCUT2D eigenvalue weighted by molar-refractivity contribution is 0.399. The molecule has 1 aliphatic rings. The van der Waals surface area contributed by atoms with Crippen LogP contribution in [-0.2, 0) is 0 Å². The Morgan fingerprint density at radius 1 is 1.55 bits per heavy atom. The molecule has 1 heterocycles. The highest BCUT2D eigenvalue weighted by Gasteiger charge is 2.10. The summed E-state index contributed by atoms with van der Waals surface area (Å²) in [6.07, 6.45) is 0. The second kappa shape index (κ2) is 4.92. The average molecular weight is 191 g/mol. The van der Waals surface area contributed by atoms with Gasteiger partial charge in [-0.1, -0.05) is 12.2 Å². The summed E-state index contributed by atoms with van der Waals surface area (Å²) in [4.78, 5) is 0. The maximum atomic E-state index is 5.03. The zero-order valence-electron chi connectivity index (χ0n) is 6.59. The minimum atomic E-state index is 0.854. The maximum absolute atomic E-state index is 5.03. The van der Waals surface area contributed by atoms with Crippen molar-refractivity contribution in [2.24, 2.45) is 0 Å². The highest BCUT2D eigenvalue weighted by Crippen LogP contribution is 2.10. The third-order valence-electron chi connectivity index (χ3n) is 1.49. The van der Waals surface area contributed by atoms with E-state index >= 15 is 0 Å². The van der Waals surface area contributed by atoms with E-state index in [-0.39, 0.29) is 0 Å². The van der Waals surface area contributed by atoms with Crippen molar-refractivity contribution in [1.29, 1.82) is 0 Å². The van der Waals surface area contributed by atoms with Gasteiger partial charge in [-0.3, -0.25) is 0 Å². The van der Waals surface area contributed by atoms with Crippen LogP contribution in [0, 0.1) is 0 Å². The van der Waals surface area contributed by atoms with Crippen molar-refractivity contribution < 1.29 is 0 Å². The number of hydrogen-bond donors (Lipinski definition) is 2. The average Bonchev–Trinajstić information content (AvgIpc) is 2.06. The fourth-order valence-corrected chi connectivity index (χ4v) is 1.91. The predicted octanol–water partition coefficient (Wildman–Crippen LogP) is 0.0441. The van der Waals surface area contributed by atoms with Gasteiger partial charge < -0.3 is 10.6 Å². The molecule has 0 radical (unpaired) electrons. The first-order chi connectivity index (χ1) is 5.33. The third-order valence-corrected chi connectivity index (χ3v) is 2.91. The highest BCUT2D eigenvalue weighted by molar-refractivity contribution is 8.21. The molecule has 2 N–H and O–H groups in total. The molecule has 0 aromatic rings. The van der Waals surface area contributed by atoms with Crippen LogP contribution < -0.4 is 10.6 Å². The number of thiocarbonyl (C=S) groups is 1. The molecule has 3 nitrogen and oxygen atoms in total. The molecule has 0 spiro atoms. The van der Waals surface area contributed by atoms with Gasteiger partial charge in [0.1, 0.15) is 4.32 Å². The molecule has 64 valence electrons. The molecule has 0 atom stereocenters. The summed E-state index contributed by atoms with van der Waals surface area (Å²) in [5, 5.41) is 6.23. The van der Waals surface area contributed by atoms with Crippen LogP contribution in [0.5, 0.6) is 0 Å². The zero-order valence-corrected chi connectivity index (χ0v) is 8.23. The quantitative estimate of drug-likeness (QED) is 0.451. The van der Waals surface area contributed by atoms with E-state index in [4.69, 9.17) is 12.2 Å². The van der Waals surface area contributed by atoms with Crippen molar-refractivity contribution in [3.63, 3.8) is 0 Å². The van der Waals surface area contributed by atoms with E-state index in [9.17, 15) is 0 Å². The van der Waals surface area contributed by atoms with E-state index in [0.717, 1.165) is 30.5 Å². The topological polar surface area (TPSA) is 27.3 Å². The second-order valence-electron chi connectivity index (χ2n) is 2.31. The summed E-state index contributed by atoms with van der Waals surface area (Å²) < 4.78 is 3.13. The van der Waals surface area contributed by atoms with Gasteiger partial charge in [-0.05, 0) is 11.9 Å². The number of nitrogens with zero attached hydrogens (tertiary/aromatic N) is 1. The lowest BCUT2D eigenvalue weighted by Crippen LogP contribution is -2.41. The Morgan fingerprint density at radius 2 is 2.18 bits per heavy atom. The summed E-state index contributed by atoms with van der Waals surface area (Å²) in [6.45, 7) is 4.29. The minimum absolute atomic E-state index is 0.854. The molecule has 0 aromatic heterocycles. The van der Waals surface area contributed by atoms with Crippen molar-refractivity contribution in [3.8, 4) is 0 Å². The Balaban J connectivity index is 2.19. The first-order valence-electron chi connectivity index (χ1n) is 3.68. The summed E-state index contributed by atoms with van der Waals surface area (Å²) in [5.74, 6) is 0. The van der Waals surface area contributed by atoms with Gasteiger partial charge >= 0.3 is 0 Å². The first kappa shape index (κ1) is 9.25. The fraction of sp³-hybridized carbons (Fsp3) is 0.833. The van der Waals surface area contributed by atoms with Gasteiger partial charge in [0.05, 0.1) is 0 Å². The van der Waals surface area contributed by atoms with Gasteiger partial charge in [0.2, 0.25) is 0 Å². The first-order valence-corrected chi connectivity index (χ1v) is 4.86. The van der Waals surface area contributed by atoms with Crippen LogP contribution in [0.1, 0.15) is 0 Å². The van der Waals surface area contributed by atoms with Crippen molar-refractivity contribution in [2.75, 3.05) is 33.2 Å². The number of rotatable bonds is 1. The van der Waals surface area contributed by atoms with E-state index in [2.05, 4.69) is 14.9 Å². The molecule has 0 unspecified atom stereocenters. The smallest absolute Gasteiger partial charge is 0.148 e. The van der Waals surface area contributed by atoms with Crippen LogP contribution in [-0.4, -0.2) is 41.9 Å². The normalized spacial score (nSPS) is 19.7. The van der Waals surface area contributed by atoms with Gasteiger partial charge in [-0.25, -0.2) is 4.31 Å². The van der Waals surface area contributed by atoms with Crippen LogP contribution in [0.15, 0.2) is 0 Å². The summed E-state index contributed by atoms with van der Waals surface area (Å²) in [7, 11) is 1.86. The van der Waals surface area contributed by atoms with E-state index in [0.29, 0.717) is 0 Å². The van der Waals surface area contributed by atoms with E-state index in [1.54, 1.807) is 11.9 Å². The van der Waals surface area contributed by atoms with Gasteiger partial charge in [0.15, 0.2) is 0 Å². The molecule has 0 aliphatic carbocycles. The Bertz CT molecular complexity index is 134. The van der Waals surface area contributed by atoms with Gasteiger partial charge in [0, 0.05) is 33.2 Å². The van der Waals surface area contributed by atoms with Crippen molar-refractivity contribution in [3.05, 3.63) is 0 Å². The molecular weight excluding hydrogens is 178 g/mol. The molecule has 1 aliphatic heterocycles. The lowest BCUT2D eigenvalue weighted by atomic mass is 10.4. The van der Waals surface area contributed by atoms with Crippen LogP contribution in [0.2, 0.25) is 0 Å². The largest absolute Gasteiger partial charge is 0.373 e. The standard InChI is InChI=1S/C6H13N3S2/c1-7-6(10)11-9-4-2-8-3-5-9/h8H,2-5H2,1H3,(H,7,10). The molecule has 11 heavy (non-hydrogen) atoms. The second-order valence-corrected chi connectivity index (χ2v) is 4.08. The number of nitrogens with one attached hydrogen (secondary N) is 2. The van der Waals surface area contributed by atoms with E-state index in [1.807, 2.05) is 7.05 Å². The van der Waals surface area contributed by atoms with Crippen LogP contribution in [0.3, 0.4) is 0 Å². The minimum Gasteiger partial charge on any atom is -0.373 e. The van der Waals surface area contributed by atoms with Crippen molar-refractivity contribution in [1.82, 2.24) is 14.9 Å². The van der Waals surface area contributed by atoms with Crippen LogP contribution in [0.4, 0.5) is 0 Å². The van der Waals surface area contributed by atoms with Crippen LogP contribution in [0.25, 0.3) is 0 Å². The summed E-state index contributed by atoms with van der Waals surface area (Å²) in [5.41, 5.74) is 0. The predicted molar refractivity (Wildman–Crippen MR) is 53.7 cm³/mol. The molecule has 5 heteroatoms. The molecule has 0 amide bonds. The zero-order chi connectivity index (χ0) is 8.10. The van der Waals surface area contributed by atoms with Gasteiger partial charge in [-0.2, -0.15) is 0 Å². The molecule has 0 aromatic carbocycles. The molecule has 1 saturated heterocycles. The van der Waals surface area contributed by atoms with E-state index in [1.165, 1.54) is 0 Å². The Morgan fingerprint density at radius 3 is 2.73 bits per heavy atom. The number of hydrogen-bond acceptors (Lipinski definition) is 4. The molecule has 0 bridgehead atoms. The Kier molecular flexibility index (Phi) is 4.14. The van der Waals surface area contributed by atoms with E-state index < -0.39 is 0 Å². The number of piperazine rings is 1. The van der Waals surface area contributed by atoms with Gasteiger partial charge in [-0.15, -0.1) is 0 Å². The summed E-state index contributed by atoms with van der Waals surface area (Å²) >= 11 is 6.66. The summed E-state index contributed by atoms with van der Waals surface area (Å²) in [6, 6.07) is 0. The Labute approximate surface area is 77.0 Å². The molecule has 1 fully saturated rings. The fourth-order valence-electron chi connectivity index (χ4n) is 0.899. The van der Waals surface area contributed by atoms with Crippen molar-refractivity contribution in [2.45, 2.75) is 0 Å². The Hall–Kier alpha value is 0.160. The van der Waals surface area contributed by atoms with Crippen LogP contribution >= 0.6 is 24.2 Å². The third kappa shape index (κ3) is 3.37. The molecular formula is C6H13N3S2. The SMILES string of the molecule is CNC(=S)SN1CCNCC1.